The maximum absolute atomic E-state index is 6.08. The molecule has 1 aromatic carbocycles. The number of hydrogen-bond donors (Lipinski definition) is 0. The highest BCUT2D eigenvalue weighted by molar-refractivity contribution is 6.33. The lowest BCUT2D eigenvalue weighted by Gasteiger charge is -2.11. The lowest BCUT2D eigenvalue weighted by molar-refractivity contribution is 0.302. The summed E-state index contributed by atoms with van der Waals surface area (Å²) in [5.74, 6) is 0.969. The third-order valence-corrected chi connectivity index (χ3v) is 3.45. The predicted octanol–water partition coefficient (Wildman–Crippen LogP) is 5.01. The molecule has 0 aliphatic heterocycles. The van der Waals surface area contributed by atoms with E-state index in [0.717, 1.165) is 17.0 Å². The van der Waals surface area contributed by atoms with Gasteiger partial charge in [0.2, 0.25) is 0 Å². The molecule has 0 amide bonds. The molecule has 0 bridgehead atoms. The maximum atomic E-state index is 6.08. The van der Waals surface area contributed by atoms with Crippen LogP contribution >= 0.6 is 34.8 Å². The Kier molecular flexibility index (Phi) is 4.92. The van der Waals surface area contributed by atoms with E-state index in [1.165, 1.54) is 0 Å². The Morgan fingerprint density at radius 1 is 1.16 bits per heavy atom. The molecular formula is C14H12Cl3NO. The van der Waals surface area contributed by atoms with Crippen LogP contribution in [0.15, 0.2) is 30.3 Å². The molecule has 0 aliphatic carbocycles. The van der Waals surface area contributed by atoms with Gasteiger partial charge in [-0.15, -0.1) is 11.6 Å². The molecule has 1 heterocycles. The molecule has 5 heteroatoms. The van der Waals surface area contributed by atoms with Crippen molar-refractivity contribution < 1.29 is 4.74 Å². The predicted molar refractivity (Wildman–Crippen MR) is 79.3 cm³/mol. The molecule has 0 N–H and O–H groups in total. The fourth-order valence-corrected chi connectivity index (χ4v) is 2.19. The van der Waals surface area contributed by atoms with Gasteiger partial charge in [0, 0.05) is 21.3 Å². The van der Waals surface area contributed by atoms with Gasteiger partial charge in [-0.2, -0.15) is 0 Å². The van der Waals surface area contributed by atoms with Crippen molar-refractivity contribution in [3.05, 3.63) is 57.3 Å². The summed E-state index contributed by atoms with van der Waals surface area (Å²) in [5.41, 5.74) is 2.46. The van der Waals surface area contributed by atoms with Crippen LogP contribution in [0.4, 0.5) is 0 Å². The lowest BCUT2D eigenvalue weighted by Crippen LogP contribution is -2.01. The highest BCUT2D eigenvalue weighted by Crippen LogP contribution is 2.24. The molecule has 0 aliphatic rings. The summed E-state index contributed by atoms with van der Waals surface area (Å²) in [7, 11) is 0. The summed E-state index contributed by atoms with van der Waals surface area (Å²) < 4.78 is 5.71. The molecule has 0 saturated heterocycles. The molecule has 0 radical (unpaired) electrons. The number of benzene rings is 1. The maximum Gasteiger partial charge on any atom is 0.142 e. The molecule has 0 spiro atoms. The third-order valence-electron chi connectivity index (χ3n) is 2.59. The van der Waals surface area contributed by atoms with Gasteiger partial charge in [-0.3, -0.25) is 4.98 Å². The van der Waals surface area contributed by atoms with Gasteiger partial charge in [-0.1, -0.05) is 23.2 Å². The molecule has 0 saturated carbocycles. The van der Waals surface area contributed by atoms with E-state index in [1.54, 1.807) is 18.2 Å². The van der Waals surface area contributed by atoms with Gasteiger partial charge in [-0.25, -0.2) is 0 Å². The molecule has 0 fully saturated rings. The van der Waals surface area contributed by atoms with Crippen molar-refractivity contribution in [1.82, 2.24) is 4.98 Å². The zero-order valence-corrected chi connectivity index (χ0v) is 12.6. The van der Waals surface area contributed by atoms with Crippen LogP contribution in [0, 0.1) is 6.92 Å². The van der Waals surface area contributed by atoms with E-state index >= 15 is 0 Å². The van der Waals surface area contributed by atoms with Gasteiger partial charge < -0.3 is 4.74 Å². The Hall–Kier alpha value is -0.960. The van der Waals surface area contributed by atoms with Crippen molar-refractivity contribution in [2.24, 2.45) is 0 Å². The van der Waals surface area contributed by atoms with E-state index in [4.69, 9.17) is 39.5 Å². The van der Waals surface area contributed by atoms with E-state index in [1.807, 2.05) is 19.1 Å². The van der Waals surface area contributed by atoms with Crippen molar-refractivity contribution in [1.29, 1.82) is 0 Å². The lowest BCUT2D eigenvalue weighted by atomic mass is 10.2. The van der Waals surface area contributed by atoms with E-state index in [-0.39, 0.29) is 0 Å². The average Bonchev–Trinajstić information content (AvgIpc) is 2.40. The Morgan fingerprint density at radius 3 is 2.68 bits per heavy atom. The molecule has 1 aromatic heterocycles. The topological polar surface area (TPSA) is 22.1 Å². The van der Waals surface area contributed by atoms with Gasteiger partial charge >= 0.3 is 0 Å². The average molecular weight is 317 g/mol. The first-order chi connectivity index (χ1) is 9.10. The first kappa shape index (κ1) is 14.4. The molecule has 2 aromatic rings. The van der Waals surface area contributed by atoms with Crippen LogP contribution in [0.3, 0.4) is 0 Å². The number of alkyl halides is 1. The minimum atomic E-state index is 0.306. The van der Waals surface area contributed by atoms with Crippen LogP contribution in [-0.2, 0) is 12.5 Å². The minimum Gasteiger partial charge on any atom is -0.487 e. The minimum absolute atomic E-state index is 0.306. The third kappa shape index (κ3) is 3.75. The quantitative estimate of drug-likeness (QED) is 0.739. The largest absolute Gasteiger partial charge is 0.487 e. The normalized spacial score (nSPS) is 10.5. The number of pyridine rings is 1. The number of aromatic nitrogens is 1. The van der Waals surface area contributed by atoms with E-state index in [2.05, 4.69) is 4.98 Å². The Balaban J connectivity index is 2.16. The van der Waals surface area contributed by atoms with Crippen molar-refractivity contribution in [3.63, 3.8) is 0 Å². The molecule has 100 valence electrons. The molecule has 0 atom stereocenters. The van der Waals surface area contributed by atoms with Crippen molar-refractivity contribution in [2.45, 2.75) is 19.4 Å². The van der Waals surface area contributed by atoms with Gasteiger partial charge in [0.15, 0.2) is 0 Å². The standard InChI is InChI=1S/C14H12Cl3NO/c1-9-2-5-14(13(7-15)18-9)19-8-10-6-11(16)3-4-12(10)17/h2-6H,7-8H2,1H3. The summed E-state index contributed by atoms with van der Waals surface area (Å²) in [6, 6.07) is 9.01. The number of rotatable bonds is 4. The second kappa shape index (κ2) is 6.47. The van der Waals surface area contributed by atoms with E-state index < -0.39 is 0 Å². The molecule has 2 nitrogen and oxygen atoms in total. The van der Waals surface area contributed by atoms with Gasteiger partial charge in [-0.05, 0) is 37.3 Å². The number of halogens is 3. The van der Waals surface area contributed by atoms with Gasteiger partial charge in [0.1, 0.15) is 12.4 Å². The summed E-state index contributed by atoms with van der Waals surface area (Å²) in [4.78, 5) is 4.33. The van der Waals surface area contributed by atoms with Crippen LogP contribution in [0.1, 0.15) is 17.0 Å². The van der Waals surface area contributed by atoms with Crippen LogP contribution in [0.2, 0.25) is 10.0 Å². The summed E-state index contributed by atoms with van der Waals surface area (Å²) >= 11 is 17.9. The van der Waals surface area contributed by atoms with E-state index in [9.17, 15) is 0 Å². The van der Waals surface area contributed by atoms with Crippen LogP contribution in [0.5, 0.6) is 5.75 Å². The number of ether oxygens (including phenoxy) is 1. The summed E-state index contributed by atoms with van der Waals surface area (Å²) in [5, 5.41) is 1.25. The van der Waals surface area contributed by atoms with Crippen LogP contribution in [0.25, 0.3) is 0 Å². The first-order valence-corrected chi connectivity index (χ1v) is 6.98. The van der Waals surface area contributed by atoms with Gasteiger partial charge in [0.05, 0.1) is 11.6 Å². The van der Waals surface area contributed by atoms with Crippen LogP contribution in [-0.4, -0.2) is 4.98 Å². The summed E-state index contributed by atoms with van der Waals surface area (Å²) in [6.45, 7) is 2.24. The number of hydrogen-bond acceptors (Lipinski definition) is 2. The number of nitrogens with zero attached hydrogens (tertiary/aromatic N) is 1. The van der Waals surface area contributed by atoms with Crippen molar-refractivity contribution in [3.8, 4) is 5.75 Å². The first-order valence-electron chi connectivity index (χ1n) is 5.69. The highest BCUT2D eigenvalue weighted by Gasteiger charge is 2.07. The number of aryl methyl sites for hydroxylation is 1. The Labute approximate surface area is 127 Å². The molecular weight excluding hydrogens is 305 g/mol. The molecule has 2 rings (SSSR count). The van der Waals surface area contributed by atoms with Crippen LogP contribution < -0.4 is 4.74 Å². The van der Waals surface area contributed by atoms with Gasteiger partial charge in [0.25, 0.3) is 0 Å². The fraction of sp³-hybridized carbons (Fsp3) is 0.214. The Bertz CT molecular complexity index is 587. The molecule has 0 unspecified atom stereocenters. The van der Waals surface area contributed by atoms with Crippen molar-refractivity contribution >= 4 is 34.8 Å². The second-order valence-corrected chi connectivity index (χ2v) is 5.17. The second-order valence-electron chi connectivity index (χ2n) is 4.06. The molecule has 19 heavy (non-hydrogen) atoms. The zero-order valence-electron chi connectivity index (χ0n) is 10.3. The highest BCUT2D eigenvalue weighted by atomic mass is 35.5. The summed E-state index contributed by atoms with van der Waals surface area (Å²) in [6.07, 6.45) is 0. The fourth-order valence-electron chi connectivity index (χ4n) is 1.63. The zero-order chi connectivity index (χ0) is 13.8. The van der Waals surface area contributed by atoms with E-state index in [0.29, 0.717) is 28.3 Å². The smallest absolute Gasteiger partial charge is 0.142 e. The van der Waals surface area contributed by atoms with Crippen molar-refractivity contribution in [2.75, 3.05) is 0 Å². The Morgan fingerprint density at radius 2 is 1.95 bits per heavy atom. The SMILES string of the molecule is Cc1ccc(OCc2cc(Cl)ccc2Cl)c(CCl)n1. The monoisotopic (exact) mass is 315 g/mol.